The highest BCUT2D eigenvalue weighted by Gasteiger charge is 2.16. The van der Waals surface area contributed by atoms with Gasteiger partial charge in [0, 0.05) is 13.1 Å². The topological polar surface area (TPSA) is 137 Å². The number of nitro benzene ring substituents is 1. The Hall–Kier alpha value is -3.21. The number of ether oxygens (including phenoxy) is 1. The molecule has 1 heterocycles. The van der Waals surface area contributed by atoms with E-state index in [9.17, 15) is 14.9 Å². The first-order valence-electron chi connectivity index (χ1n) is 6.55. The minimum absolute atomic E-state index is 0.112. The quantitative estimate of drug-likeness (QED) is 0.416. The summed E-state index contributed by atoms with van der Waals surface area (Å²) < 4.78 is 6.43. The van der Waals surface area contributed by atoms with Gasteiger partial charge in [0.15, 0.2) is 5.11 Å². The van der Waals surface area contributed by atoms with E-state index < -0.39 is 10.8 Å². The number of nitrogens with two attached hydrogens (primary N) is 1. The third kappa shape index (κ3) is 3.57. The molecule has 10 nitrogen and oxygen atoms in total. The number of thiocarbonyl (C=S) groups is 1. The van der Waals surface area contributed by atoms with Crippen LogP contribution in [0.4, 0.5) is 17.1 Å². The number of aryl methyl sites for hydroxylation is 1. The number of anilines is 2. The number of hydrogen-bond donors (Lipinski definition) is 3. The standard InChI is InChI=1S/C13H14N6O4S/c1-18-11(12(14)20)9(6-15-18)17-13(24)16-8-4-3-7(19(21)22)5-10(8)23-2/h3-6H,1-2H3,(H2,14,20)(H2,16,17,24). The lowest BCUT2D eigenvalue weighted by atomic mass is 10.2. The maximum atomic E-state index is 11.4. The lowest BCUT2D eigenvalue weighted by Crippen LogP contribution is -2.23. The van der Waals surface area contributed by atoms with Crippen molar-refractivity contribution < 1.29 is 14.5 Å². The monoisotopic (exact) mass is 350 g/mol. The Morgan fingerprint density at radius 1 is 1.42 bits per heavy atom. The molecule has 126 valence electrons. The van der Waals surface area contributed by atoms with Gasteiger partial charge in [-0.15, -0.1) is 0 Å². The lowest BCUT2D eigenvalue weighted by Gasteiger charge is -2.13. The van der Waals surface area contributed by atoms with Gasteiger partial charge in [0.05, 0.1) is 35.7 Å². The van der Waals surface area contributed by atoms with Crippen LogP contribution in [0.1, 0.15) is 10.5 Å². The highest BCUT2D eigenvalue weighted by atomic mass is 32.1. The molecule has 1 amide bonds. The summed E-state index contributed by atoms with van der Waals surface area (Å²) in [5, 5.41) is 20.5. The van der Waals surface area contributed by atoms with Crippen molar-refractivity contribution in [2.75, 3.05) is 17.7 Å². The molecule has 0 aliphatic rings. The summed E-state index contributed by atoms with van der Waals surface area (Å²) >= 11 is 5.16. The van der Waals surface area contributed by atoms with Crippen molar-refractivity contribution in [2.45, 2.75) is 0 Å². The Morgan fingerprint density at radius 3 is 2.67 bits per heavy atom. The van der Waals surface area contributed by atoms with E-state index in [4.69, 9.17) is 22.7 Å². The molecule has 0 saturated carbocycles. The first-order valence-corrected chi connectivity index (χ1v) is 6.96. The number of carbonyl (C=O) groups excluding carboxylic acids is 1. The number of non-ortho nitro benzene ring substituents is 1. The number of rotatable bonds is 5. The van der Waals surface area contributed by atoms with Crippen molar-refractivity contribution in [2.24, 2.45) is 12.8 Å². The molecule has 0 spiro atoms. The summed E-state index contributed by atoms with van der Waals surface area (Å²) in [4.78, 5) is 21.7. The predicted octanol–water partition coefficient (Wildman–Crippen LogP) is 1.24. The maximum absolute atomic E-state index is 11.4. The molecule has 4 N–H and O–H groups in total. The third-order valence-corrected chi connectivity index (χ3v) is 3.27. The third-order valence-electron chi connectivity index (χ3n) is 3.06. The lowest BCUT2D eigenvalue weighted by molar-refractivity contribution is -0.384. The van der Waals surface area contributed by atoms with Crippen LogP contribution in [0.15, 0.2) is 24.4 Å². The van der Waals surface area contributed by atoms with Crippen LogP contribution in [-0.2, 0) is 7.05 Å². The fraction of sp³-hybridized carbons (Fsp3) is 0.154. The predicted molar refractivity (Wildman–Crippen MR) is 91.2 cm³/mol. The zero-order valence-electron chi connectivity index (χ0n) is 12.8. The second kappa shape index (κ2) is 6.91. The van der Waals surface area contributed by atoms with Crippen LogP contribution in [0.2, 0.25) is 0 Å². The second-order valence-corrected chi connectivity index (χ2v) is 5.02. The first-order chi connectivity index (χ1) is 11.3. The minimum Gasteiger partial charge on any atom is -0.494 e. The molecule has 0 unspecified atom stereocenters. The molecular formula is C13H14N6O4S. The average Bonchev–Trinajstić information content (AvgIpc) is 2.87. The fourth-order valence-corrected chi connectivity index (χ4v) is 2.21. The molecule has 0 radical (unpaired) electrons. The SMILES string of the molecule is COc1cc([N+](=O)[O-])ccc1NC(=S)Nc1cnn(C)c1C(N)=O. The molecule has 24 heavy (non-hydrogen) atoms. The Kier molecular flexibility index (Phi) is 4.94. The van der Waals surface area contributed by atoms with E-state index in [1.54, 1.807) is 7.05 Å². The second-order valence-electron chi connectivity index (χ2n) is 4.62. The van der Waals surface area contributed by atoms with Gasteiger partial charge in [0.25, 0.3) is 11.6 Å². The highest BCUT2D eigenvalue weighted by molar-refractivity contribution is 7.80. The summed E-state index contributed by atoms with van der Waals surface area (Å²) in [5.41, 5.74) is 6.10. The molecule has 0 aliphatic heterocycles. The van der Waals surface area contributed by atoms with Crippen molar-refractivity contribution >= 4 is 40.3 Å². The zero-order chi connectivity index (χ0) is 17.9. The van der Waals surface area contributed by atoms with Crippen LogP contribution >= 0.6 is 12.2 Å². The van der Waals surface area contributed by atoms with E-state index in [1.165, 1.54) is 36.2 Å². The number of benzene rings is 1. The number of methoxy groups -OCH3 is 1. The van der Waals surface area contributed by atoms with Crippen LogP contribution in [0, 0.1) is 10.1 Å². The van der Waals surface area contributed by atoms with E-state index in [-0.39, 0.29) is 22.2 Å². The van der Waals surface area contributed by atoms with Crippen LogP contribution in [-0.4, -0.2) is 32.8 Å². The summed E-state index contributed by atoms with van der Waals surface area (Å²) in [5.74, 6) is -0.414. The number of nitrogens with zero attached hydrogens (tertiary/aromatic N) is 3. The largest absolute Gasteiger partial charge is 0.494 e. The minimum atomic E-state index is -0.659. The number of nitrogens with one attached hydrogen (secondary N) is 2. The summed E-state index contributed by atoms with van der Waals surface area (Å²) in [7, 11) is 2.95. The van der Waals surface area contributed by atoms with Gasteiger partial charge in [0.1, 0.15) is 11.4 Å². The van der Waals surface area contributed by atoms with Crippen LogP contribution < -0.4 is 21.1 Å². The average molecular weight is 350 g/mol. The molecule has 0 saturated heterocycles. The van der Waals surface area contributed by atoms with Crippen molar-refractivity contribution in [1.82, 2.24) is 9.78 Å². The van der Waals surface area contributed by atoms with Gasteiger partial charge in [0.2, 0.25) is 0 Å². The van der Waals surface area contributed by atoms with E-state index >= 15 is 0 Å². The van der Waals surface area contributed by atoms with Gasteiger partial charge in [-0.25, -0.2) is 0 Å². The van der Waals surface area contributed by atoms with Gasteiger partial charge in [-0.3, -0.25) is 19.6 Å². The Morgan fingerprint density at radius 2 is 2.08 bits per heavy atom. The Balaban J connectivity index is 2.19. The molecule has 0 bridgehead atoms. The van der Waals surface area contributed by atoms with Crippen molar-refractivity contribution in [3.8, 4) is 5.75 Å². The Labute approximate surface area is 141 Å². The van der Waals surface area contributed by atoms with Crippen molar-refractivity contribution in [3.63, 3.8) is 0 Å². The number of primary amides is 1. The Bertz CT molecular complexity index is 819. The van der Waals surface area contributed by atoms with Gasteiger partial charge in [-0.05, 0) is 18.3 Å². The molecule has 0 fully saturated rings. The van der Waals surface area contributed by atoms with Crippen molar-refractivity contribution in [1.29, 1.82) is 0 Å². The highest BCUT2D eigenvalue weighted by Crippen LogP contribution is 2.29. The smallest absolute Gasteiger partial charge is 0.273 e. The normalized spacial score (nSPS) is 10.1. The molecule has 2 aromatic rings. The summed E-state index contributed by atoms with van der Waals surface area (Å²) in [6, 6.07) is 4.04. The number of nitro groups is 1. The van der Waals surface area contributed by atoms with Crippen molar-refractivity contribution in [3.05, 3.63) is 40.2 Å². The number of amides is 1. The number of carbonyl (C=O) groups is 1. The van der Waals surface area contributed by atoms with E-state index in [0.29, 0.717) is 11.4 Å². The van der Waals surface area contributed by atoms with E-state index in [1.807, 2.05) is 0 Å². The van der Waals surface area contributed by atoms with Gasteiger partial charge in [-0.1, -0.05) is 0 Å². The van der Waals surface area contributed by atoms with E-state index in [0.717, 1.165) is 0 Å². The molecule has 1 aromatic carbocycles. The van der Waals surface area contributed by atoms with Gasteiger partial charge < -0.3 is 21.1 Å². The van der Waals surface area contributed by atoms with Crippen LogP contribution in [0.3, 0.4) is 0 Å². The van der Waals surface area contributed by atoms with Gasteiger partial charge in [-0.2, -0.15) is 5.10 Å². The maximum Gasteiger partial charge on any atom is 0.273 e. The first kappa shape index (κ1) is 17.1. The summed E-state index contributed by atoms with van der Waals surface area (Å²) in [6.07, 6.45) is 1.40. The van der Waals surface area contributed by atoms with Crippen LogP contribution in [0.25, 0.3) is 0 Å². The molecule has 2 rings (SSSR count). The number of hydrogen-bond acceptors (Lipinski definition) is 6. The fourth-order valence-electron chi connectivity index (χ4n) is 1.99. The number of aromatic nitrogens is 2. The molecule has 0 atom stereocenters. The summed E-state index contributed by atoms with van der Waals surface area (Å²) in [6.45, 7) is 0. The molecule has 1 aromatic heterocycles. The molecular weight excluding hydrogens is 336 g/mol. The molecule has 0 aliphatic carbocycles. The van der Waals surface area contributed by atoms with Gasteiger partial charge >= 0.3 is 0 Å². The molecule has 11 heteroatoms. The van der Waals surface area contributed by atoms with E-state index in [2.05, 4.69) is 15.7 Å². The van der Waals surface area contributed by atoms with Crippen LogP contribution in [0.5, 0.6) is 5.75 Å². The zero-order valence-corrected chi connectivity index (χ0v) is 13.6.